The number of hydrogen-bond donors (Lipinski definition) is 2. The van der Waals surface area contributed by atoms with E-state index in [1.54, 1.807) is 24.3 Å². The molecule has 0 bridgehead atoms. The number of carbonyl (C=O) groups excluding carboxylic acids is 1. The Morgan fingerprint density at radius 3 is 2.62 bits per heavy atom. The first-order chi connectivity index (χ1) is 10.1. The first kappa shape index (κ1) is 15.4. The highest BCUT2D eigenvalue weighted by Crippen LogP contribution is 2.13. The lowest BCUT2D eigenvalue weighted by atomic mass is 10.1. The van der Waals surface area contributed by atoms with Gasteiger partial charge in [-0.2, -0.15) is 0 Å². The van der Waals surface area contributed by atoms with Gasteiger partial charge < -0.3 is 10.6 Å². The molecule has 0 radical (unpaired) electrons. The molecular formula is C17H19ClN2O. The molecular weight excluding hydrogens is 284 g/mol. The summed E-state index contributed by atoms with van der Waals surface area (Å²) in [5.41, 5.74) is 3.30. The molecule has 21 heavy (non-hydrogen) atoms. The summed E-state index contributed by atoms with van der Waals surface area (Å²) >= 11 is 5.79. The summed E-state index contributed by atoms with van der Waals surface area (Å²) in [7, 11) is 0. The van der Waals surface area contributed by atoms with E-state index < -0.39 is 0 Å². The molecule has 0 aliphatic heterocycles. The van der Waals surface area contributed by atoms with Crippen LogP contribution in [0.25, 0.3) is 0 Å². The summed E-state index contributed by atoms with van der Waals surface area (Å²) in [6.07, 6.45) is 1.88. The van der Waals surface area contributed by atoms with Crippen molar-refractivity contribution in [3.63, 3.8) is 0 Å². The SMILES string of the molecule is Cc1cccc(CCCNC(=O)Nc2ccc(Cl)cc2)c1. The van der Waals surface area contributed by atoms with Crippen LogP contribution in [0.2, 0.25) is 5.02 Å². The van der Waals surface area contributed by atoms with Crippen LogP contribution in [0.4, 0.5) is 10.5 Å². The van der Waals surface area contributed by atoms with Crippen LogP contribution in [0.3, 0.4) is 0 Å². The second kappa shape index (κ2) is 7.70. The molecule has 4 heteroatoms. The standard InChI is InChI=1S/C17H19ClN2O/c1-13-4-2-5-14(12-13)6-3-11-19-17(21)20-16-9-7-15(18)8-10-16/h2,4-5,7-10,12H,3,6,11H2,1H3,(H2,19,20,21). The van der Waals surface area contributed by atoms with Gasteiger partial charge in [0.25, 0.3) is 0 Å². The van der Waals surface area contributed by atoms with E-state index in [9.17, 15) is 4.79 Å². The quantitative estimate of drug-likeness (QED) is 0.790. The van der Waals surface area contributed by atoms with Crippen molar-refractivity contribution in [2.24, 2.45) is 0 Å². The highest BCUT2D eigenvalue weighted by Gasteiger charge is 2.01. The van der Waals surface area contributed by atoms with E-state index in [0.29, 0.717) is 11.6 Å². The Morgan fingerprint density at radius 1 is 1.14 bits per heavy atom. The molecule has 110 valence electrons. The van der Waals surface area contributed by atoms with Gasteiger partial charge in [0, 0.05) is 17.3 Å². The minimum absolute atomic E-state index is 0.193. The fourth-order valence-corrected chi connectivity index (χ4v) is 2.20. The lowest BCUT2D eigenvalue weighted by Crippen LogP contribution is -2.29. The van der Waals surface area contributed by atoms with Gasteiger partial charge in [0.15, 0.2) is 0 Å². The maximum atomic E-state index is 11.7. The van der Waals surface area contributed by atoms with Crippen molar-refractivity contribution in [1.29, 1.82) is 0 Å². The van der Waals surface area contributed by atoms with Gasteiger partial charge in [-0.3, -0.25) is 0 Å². The van der Waals surface area contributed by atoms with Gasteiger partial charge in [-0.1, -0.05) is 41.4 Å². The number of nitrogens with one attached hydrogen (secondary N) is 2. The number of aryl methyl sites for hydroxylation is 2. The third-order valence-electron chi connectivity index (χ3n) is 3.11. The number of amides is 2. The molecule has 0 unspecified atom stereocenters. The smallest absolute Gasteiger partial charge is 0.319 e. The lowest BCUT2D eigenvalue weighted by Gasteiger charge is -2.08. The molecule has 2 N–H and O–H groups in total. The van der Waals surface area contributed by atoms with Crippen LogP contribution in [-0.4, -0.2) is 12.6 Å². The molecule has 2 aromatic rings. The molecule has 0 heterocycles. The van der Waals surface area contributed by atoms with Crippen LogP contribution in [0.15, 0.2) is 48.5 Å². The molecule has 0 saturated heterocycles. The molecule has 0 aliphatic rings. The van der Waals surface area contributed by atoms with Crippen molar-refractivity contribution < 1.29 is 4.79 Å². The minimum Gasteiger partial charge on any atom is -0.338 e. The van der Waals surface area contributed by atoms with Gasteiger partial charge >= 0.3 is 6.03 Å². The minimum atomic E-state index is -0.193. The van der Waals surface area contributed by atoms with E-state index in [4.69, 9.17) is 11.6 Å². The second-order valence-corrected chi connectivity index (χ2v) is 5.42. The summed E-state index contributed by atoms with van der Waals surface area (Å²) in [6, 6.07) is 15.3. The Hall–Kier alpha value is -2.00. The molecule has 0 saturated carbocycles. The van der Waals surface area contributed by atoms with E-state index in [0.717, 1.165) is 18.5 Å². The number of hydrogen-bond acceptors (Lipinski definition) is 1. The van der Waals surface area contributed by atoms with Gasteiger partial charge in [-0.25, -0.2) is 4.79 Å². The zero-order valence-corrected chi connectivity index (χ0v) is 12.8. The Balaban J connectivity index is 1.68. The van der Waals surface area contributed by atoms with Crippen LogP contribution in [-0.2, 0) is 6.42 Å². The number of halogens is 1. The monoisotopic (exact) mass is 302 g/mol. The van der Waals surface area contributed by atoms with E-state index >= 15 is 0 Å². The van der Waals surface area contributed by atoms with E-state index in [1.165, 1.54) is 11.1 Å². The maximum Gasteiger partial charge on any atom is 0.319 e. The van der Waals surface area contributed by atoms with Crippen molar-refractivity contribution >= 4 is 23.3 Å². The normalized spacial score (nSPS) is 10.2. The van der Waals surface area contributed by atoms with Crippen molar-refractivity contribution in [2.45, 2.75) is 19.8 Å². The second-order valence-electron chi connectivity index (χ2n) is 4.98. The summed E-state index contributed by atoms with van der Waals surface area (Å²) in [5, 5.41) is 6.27. The van der Waals surface area contributed by atoms with E-state index in [1.807, 2.05) is 0 Å². The Kier molecular flexibility index (Phi) is 5.64. The molecule has 0 atom stereocenters. The van der Waals surface area contributed by atoms with Gasteiger partial charge in [0.2, 0.25) is 0 Å². The largest absolute Gasteiger partial charge is 0.338 e. The average Bonchev–Trinajstić information content (AvgIpc) is 2.46. The van der Waals surface area contributed by atoms with Crippen LogP contribution in [0.1, 0.15) is 17.5 Å². The fourth-order valence-electron chi connectivity index (χ4n) is 2.07. The first-order valence-electron chi connectivity index (χ1n) is 6.99. The highest BCUT2D eigenvalue weighted by atomic mass is 35.5. The Labute approximate surface area is 130 Å². The molecule has 0 spiro atoms. The zero-order chi connectivity index (χ0) is 15.1. The zero-order valence-electron chi connectivity index (χ0n) is 12.0. The predicted octanol–water partition coefficient (Wildman–Crippen LogP) is 4.40. The van der Waals surface area contributed by atoms with Crippen LogP contribution < -0.4 is 10.6 Å². The number of urea groups is 1. The van der Waals surface area contributed by atoms with E-state index in [-0.39, 0.29) is 6.03 Å². The number of benzene rings is 2. The number of rotatable bonds is 5. The summed E-state index contributed by atoms with van der Waals surface area (Å²) < 4.78 is 0. The summed E-state index contributed by atoms with van der Waals surface area (Å²) in [6.45, 7) is 2.73. The van der Waals surface area contributed by atoms with Crippen LogP contribution in [0.5, 0.6) is 0 Å². The maximum absolute atomic E-state index is 11.7. The Bertz CT molecular complexity index is 596. The van der Waals surface area contributed by atoms with Gasteiger partial charge in [0.1, 0.15) is 0 Å². The molecule has 3 nitrogen and oxygen atoms in total. The van der Waals surface area contributed by atoms with Crippen molar-refractivity contribution in [2.75, 3.05) is 11.9 Å². The summed E-state index contributed by atoms with van der Waals surface area (Å²) in [4.78, 5) is 11.7. The van der Waals surface area contributed by atoms with Crippen LogP contribution in [0, 0.1) is 6.92 Å². The third-order valence-corrected chi connectivity index (χ3v) is 3.36. The van der Waals surface area contributed by atoms with Crippen LogP contribution >= 0.6 is 11.6 Å². The first-order valence-corrected chi connectivity index (χ1v) is 7.37. The van der Waals surface area contributed by atoms with E-state index in [2.05, 4.69) is 41.8 Å². The fraction of sp³-hybridized carbons (Fsp3) is 0.235. The Morgan fingerprint density at radius 2 is 1.90 bits per heavy atom. The topological polar surface area (TPSA) is 41.1 Å². The van der Waals surface area contributed by atoms with Gasteiger partial charge in [0.05, 0.1) is 0 Å². The molecule has 2 rings (SSSR count). The predicted molar refractivity (Wildman–Crippen MR) is 88.0 cm³/mol. The third kappa shape index (κ3) is 5.48. The molecule has 2 aromatic carbocycles. The molecule has 0 aromatic heterocycles. The van der Waals surface area contributed by atoms with Crippen molar-refractivity contribution in [3.8, 4) is 0 Å². The molecule has 0 aliphatic carbocycles. The van der Waals surface area contributed by atoms with Crippen molar-refractivity contribution in [3.05, 3.63) is 64.7 Å². The van der Waals surface area contributed by atoms with Gasteiger partial charge in [-0.15, -0.1) is 0 Å². The summed E-state index contributed by atoms with van der Waals surface area (Å²) in [5.74, 6) is 0. The van der Waals surface area contributed by atoms with Gasteiger partial charge in [-0.05, 0) is 49.6 Å². The van der Waals surface area contributed by atoms with Crippen molar-refractivity contribution in [1.82, 2.24) is 5.32 Å². The number of anilines is 1. The highest BCUT2D eigenvalue weighted by molar-refractivity contribution is 6.30. The average molecular weight is 303 g/mol. The number of carbonyl (C=O) groups is 1. The lowest BCUT2D eigenvalue weighted by molar-refractivity contribution is 0.252. The molecule has 0 fully saturated rings. The molecule has 2 amide bonds.